The molecule has 4 rings (SSSR count). The lowest BCUT2D eigenvalue weighted by Crippen LogP contribution is -2.40. The lowest BCUT2D eigenvalue weighted by atomic mass is 9.90. The third-order valence-corrected chi connectivity index (χ3v) is 7.60. The maximum atomic E-state index is 13.2. The van der Waals surface area contributed by atoms with E-state index in [2.05, 4.69) is 10.6 Å². The number of hydrogen-bond donors (Lipinski definition) is 2. The van der Waals surface area contributed by atoms with E-state index in [0.717, 1.165) is 11.1 Å². The molecule has 0 saturated carbocycles. The van der Waals surface area contributed by atoms with Crippen molar-refractivity contribution < 1.29 is 17.9 Å². The maximum absolute atomic E-state index is 13.2. The second-order valence-electron chi connectivity index (χ2n) is 7.74. The van der Waals surface area contributed by atoms with Crippen LogP contribution in [0.4, 0.5) is 5.69 Å². The number of carbonyl (C=O) groups is 1. The van der Waals surface area contributed by atoms with Crippen LogP contribution in [-0.4, -0.2) is 50.0 Å². The third-order valence-electron chi connectivity index (χ3n) is 5.48. The number of morpholine rings is 1. The summed E-state index contributed by atoms with van der Waals surface area (Å²) in [5.41, 5.74) is 2.28. The summed E-state index contributed by atoms with van der Waals surface area (Å²) in [6, 6.07) is 25.3. The predicted octanol–water partition coefficient (Wildman–Crippen LogP) is 3.35. The van der Waals surface area contributed by atoms with Crippen LogP contribution in [0.15, 0.2) is 89.8 Å². The van der Waals surface area contributed by atoms with Crippen LogP contribution in [0.25, 0.3) is 0 Å². The summed E-state index contributed by atoms with van der Waals surface area (Å²) in [6.45, 7) is 1.45. The number of ether oxygens (including phenoxy) is 1. The van der Waals surface area contributed by atoms with Crippen molar-refractivity contribution in [3.05, 3.63) is 96.1 Å². The molecule has 1 fully saturated rings. The summed E-state index contributed by atoms with van der Waals surface area (Å²) in [5.74, 6) is -0.787. The Labute approximate surface area is 204 Å². The lowest BCUT2D eigenvalue weighted by Gasteiger charge is -2.26. The van der Waals surface area contributed by atoms with Gasteiger partial charge in [-0.2, -0.15) is 4.31 Å². The molecule has 1 saturated heterocycles. The summed E-state index contributed by atoms with van der Waals surface area (Å²) < 4.78 is 32.2. The highest BCUT2D eigenvalue weighted by Gasteiger charge is 2.26. The minimum Gasteiger partial charge on any atom is -0.379 e. The molecule has 176 valence electrons. The summed E-state index contributed by atoms with van der Waals surface area (Å²) in [7, 11) is -3.58. The van der Waals surface area contributed by atoms with E-state index in [1.165, 1.54) is 16.4 Å². The smallest absolute Gasteiger partial charge is 0.243 e. The van der Waals surface area contributed by atoms with Crippen molar-refractivity contribution in [1.82, 2.24) is 9.62 Å². The van der Waals surface area contributed by atoms with Crippen molar-refractivity contribution >= 4 is 38.9 Å². The van der Waals surface area contributed by atoms with Gasteiger partial charge in [-0.15, -0.1) is 0 Å². The minimum absolute atomic E-state index is 0.130. The van der Waals surface area contributed by atoms with E-state index >= 15 is 0 Å². The van der Waals surface area contributed by atoms with Gasteiger partial charge in [-0.1, -0.05) is 60.7 Å². The average molecular weight is 496 g/mol. The van der Waals surface area contributed by atoms with Gasteiger partial charge in [0.05, 0.1) is 24.0 Å². The van der Waals surface area contributed by atoms with Gasteiger partial charge in [0.1, 0.15) is 0 Å². The number of sulfonamides is 1. The summed E-state index contributed by atoms with van der Waals surface area (Å²) >= 11 is 5.36. The van der Waals surface area contributed by atoms with E-state index in [9.17, 15) is 13.2 Å². The van der Waals surface area contributed by atoms with Crippen molar-refractivity contribution in [2.24, 2.45) is 0 Å². The zero-order valence-corrected chi connectivity index (χ0v) is 20.0. The molecule has 1 aliphatic rings. The van der Waals surface area contributed by atoms with Gasteiger partial charge in [-0.3, -0.25) is 4.79 Å². The molecule has 0 bridgehead atoms. The van der Waals surface area contributed by atoms with Gasteiger partial charge < -0.3 is 15.4 Å². The first-order valence-electron chi connectivity index (χ1n) is 10.8. The molecule has 7 nitrogen and oxygen atoms in total. The predicted molar refractivity (Wildman–Crippen MR) is 135 cm³/mol. The second-order valence-corrected chi connectivity index (χ2v) is 10.1. The Morgan fingerprint density at radius 2 is 1.38 bits per heavy atom. The molecule has 0 radical (unpaired) electrons. The van der Waals surface area contributed by atoms with Crippen LogP contribution in [-0.2, 0) is 19.6 Å². The highest BCUT2D eigenvalue weighted by molar-refractivity contribution is 7.89. The highest BCUT2D eigenvalue weighted by Crippen LogP contribution is 2.25. The van der Waals surface area contributed by atoms with Gasteiger partial charge in [0.2, 0.25) is 15.9 Å². The zero-order chi connectivity index (χ0) is 24.0. The topological polar surface area (TPSA) is 87.7 Å². The Morgan fingerprint density at radius 1 is 0.853 bits per heavy atom. The standard InChI is InChI=1S/C25H25N3O4S2/c29-24(23(19-7-3-1-4-8-19)20-9-5-2-6-10-20)27-25(33)26-21-11-13-22(14-12-21)34(30,31)28-15-17-32-18-16-28/h1-14,23H,15-18H2,(H2,26,27,29,33). The number of benzene rings is 3. The number of thiocarbonyl (C=S) groups is 1. The molecule has 34 heavy (non-hydrogen) atoms. The SMILES string of the molecule is O=C(NC(=S)Nc1ccc(S(=O)(=O)N2CCOCC2)cc1)C(c1ccccc1)c1ccccc1. The van der Waals surface area contributed by atoms with Crippen molar-refractivity contribution in [2.45, 2.75) is 10.8 Å². The number of rotatable bonds is 6. The maximum Gasteiger partial charge on any atom is 0.243 e. The molecule has 1 amide bonds. The third kappa shape index (κ3) is 5.68. The molecule has 3 aromatic carbocycles. The van der Waals surface area contributed by atoms with Crippen molar-refractivity contribution in [1.29, 1.82) is 0 Å². The molecular formula is C25H25N3O4S2. The van der Waals surface area contributed by atoms with Crippen LogP contribution in [0.5, 0.6) is 0 Å². The van der Waals surface area contributed by atoms with Crippen LogP contribution in [0.3, 0.4) is 0 Å². The second kappa shape index (κ2) is 10.9. The van der Waals surface area contributed by atoms with Gasteiger partial charge in [0.25, 0.3) is 0 Å². The highest BCUT2D eigenvalue weighted by atomic mass is 32.2. The Hall–Kier alpha value is -3.11. The normalized spacial score (nSPS) is 14.5. The fourth-order valence-electron chi connectivity index (χ4n) is 3.78. The van der Waals surface area contributed by atoms with Crippen LogP contribution >= 0.6 is 12.2 Å². The molecule has 3 aromatic rings. The van der Waals surface area contributed by atoms with Gasteiger partial charge in [0.15, 0.2) is 5.11 Å². The molecule has 0 atom stereocenters. The van der Waals surface area contributed by atoms with Gasteiger partial charge >= 0.3 is 0 Å². The number of hydrogen-bond acceptors (Lipinski definition) is 5. The quantitative estimate of drug-likeness (QED) is 0.510. The van der Waals surface area contributed by atoms with E-state index < -0.39 is 15.9 Å². The first-order valence-corrected chi connectivity index (χ1v) is 12.7. The molecular weight excluding hydrogens is 470 g/mol. The number of anilines is 1. The molecule has 2 N–H and O–H groups in total. The largest absolute Gasteiger partial charge is 0.379 e. The molecule has 0 aromatic heterocycles. The van der Waals surface area contributed by atoms with E-state index in [4.69, 9.17) is 17.0 Å². The van der Waals surface area contributed by atoms with Crippen molar-refractivity contribution in [3.63, 3.8) is 0 Å². The van der Waals surface area contributed by atoms with E-state index in [0.29, 0.717) is 32.0 Å². The Morgan fingerprint density at radius 3 is 1.91 bits per heavy atom. The molecule has 1 heterocycles. The van der Waals surface area contributed by atoms with Gasteiger partial charge in [0, 0.05) is 18.8 Å². The Balaban J connectivity index is 1.44. The van der Waals surface area contributed by atoms with Crippen molar-refractivity contribution in [2.75, 3.05) is 31.6 Å². The molecule has 0 spiro atoms. The molecule has 1 aliphatic heterocycles. The monoisotopic (exact) mass is 495 g/mol. The van der Waals surface area contributed by atoms with Crippen LogP contribution in [0.2, 0.25) is 0 Å². The fraction of sp³-hybridized carbons (Fsp3) is 0.200. The molecule has 0 unspecified atom stereocenters. The van der Waals surface area contributed by atoms with Crippen LogP contribution in [0, 0.1) is 0 Å². The molecule has 0 aliphatic carbocycles. The average Bonchev–Trinajstić information content (AvgIpc) is 2.86. The number of nitrogens with zero attached hydrogens (tertiary/aromatic N) is 1. The van der Waals surface area contributed by atoms with Gasteiger partial charge in [-0.25, -0.2) is 8.42 Å². The first-order chi connectivity index (χ1) is 16.4. The van der Waals surface area contributed by atoms with Gasteiger partial charge in [-0.05, 0) is 47.6 Å². The van der Waals surface area contributed by atoms with Crippen LogP contribution < -0.4 is 10.6 Å². The van der Waals surface area contributed by atoms with Crippen LogP contribution in [0.1, 0.15) is 17.0 Å². The van der Waals surface area contributed by atoms with Crippen molar-refractivity contribution in [3.8, 4) is 0 Å². The Bertz CT molecular complexity index is 1190. The molecule has 9 heteroatoms. The van der Waals surface area contributed by atoms with E-state index in [1.54, 1.807) is 12.1 Å². The Kier molecular flexibility index (Phi) is 7.69. The first kappa shape index (κ1) is 24.0. The number of amides is 1. The summed E-state index contributed by atoms with van der Waals surface area (Å²) in [6.07, 6.45) is 0. The summed E-state index contributed by atoms with van der Waals surface area (Å²) in [4.78, 5) is 13.4. The minimum atomic E-state index is -3.58. The van der Waals surface area contributed by atoms with E-state index in [-0.39, 0.29) is 15.9 Å². The number of nitrogens with one attached hydrogen (secondary N) is 2. The zero-order valence-electron chi connectivity index (χ0n) is 18.4. The number of carbonyl (C=O) groups excluding carboxylic acids is 1. The van der Waals surface area contributed by atoms with E-state index in [1.807, 2.05) is 60.7 Å². The summed E-state index contributed by atoms with van der Waals surface area (Å²) in [5, 5.41) is 5.85. The lowest BCUT2D eigenvalue weighted by molar-refractivity contribution is -0.120. The fourth-order valence-corrected chi connectivity index (χ4v) is 5.41.